The maximum atomic E-state index is 13.6. The predicted octanol–water partition coefficient (Wildman–Crippen LogP) is 0.419. The number of halogens is 1. The van der Waals surface area contributed by atoms with E-state index in [1.54, 1.807) is 18.2 Å². The van der Waals surface area contributed by atoms with Crippen LogP contribution in [0.4, 0.5) is 15.9 Å². The summed E-state index contributed by atoms with van der Waals surface area (Å²) in [4.78, 5) is 16.3. The number of nitrogens with zero attached hydrogens (tertiary/aromatic N) is 7. The molecule has 0 bridgehead atoms. The van der Waals surface area contributed by atoms with E-state index in [1.807, 2.05) is 17.0 Å². The minimum atomic E-state index is -0.435. The number of tetrazole rings is 1. The monoisotopic (exact) mass is 356 g/mol. The second-order valence-corrected chi connectivity index (χ2v) is 6.01. The van der Waals surface area contributed by atoms with Gasteiger partial charge in [0.1, 0.15) is 5.82 Å². The van der Waals surface area contributed by atoms with E-state index in [0.29, 0.717) is 18.7 Å². The Morgan fingerprint density at radius 2 is 1.92 bits per heavy atom. The number of amides is 1. The highest BCUT2D eigenvalue weighted by atomic mass is 19.1. The van der Waals surface area contributed by atoms with Crippen LogP contribution in [-0.4, -0.2) is 68.8 Å². The van der Waals surface area contributed by atoms with Crippen molar-refractivity contribution >= 4 is 23.1 Å². The molecular weight excluding hydrogens is 339 g/mol. The molecule has 10 heteroatoms. The quantitative estimate of drug-likeness (QED) is 0.724. The third-order valence-corrected chi connectivity index (χ3v) is 4.27. The lowest BCUT2D eigenvalue weighted by Crippen LogP contribution is -2.49. The van der Waals surface area contributed by atoms with Gasteiger partial charge in [0.2, 0.25) is 5.91 Å². The molecule has 1 aliphatic heterocycles. The highest BCUT2D eigenvalue weighted by molar-refractivity contribution is 5.92. The van der Waals surface area contributed by atoms with Gasteiger partial charge in [0.25, 0.3) is 0 Å². The number of hydrogen-bond acceptors (Lipinski definition) is 7. The Balaban J connectivity index is 1.32. The molecule has 1 saturated heterocycles. The van der Waals surface area contributed by atoms with Crippen molar-refractivity contribution in [3.8, 4) is 0 Å². The first-order valence-electron chi connectivity index (χ1n) is 8.26. The summed E-state index contributed by atoms with van der Waals surface area (Å²) in [5.41, 5.74) is 0.798. The number of carbonyl (C=O) groups excluding carboxylic acids is 1. The Hall–Kier alpha value is -3.14. The first-order chi connectivity index (χ1) is 12.7. The van der Waals surface area contributed by atoms with Gasteiger partial charge in [-0.05, 0) is 34.7 Å². The van der Waals surface area contributed by atoms with Crippen molar-refractivity contribution in [1.29, 1.82) is 0 Å². The molecule has 1 fully saturated rings. The molecule has 1 aliphatic rings. The highest BCUT2D eigenvalue weighted by Gasteiger charge is 2.20. The van der Waals surface area contributed by atoms with Crippen LogP contribution in [0, 0.1) is 5.82 Å². The zero-order valence-electron chi connectivity index (χ0n) is 13.9. The zero-order valence-corrected chi connectivity index (χ0v) is 13.9. The van der Waals surface area contributed by atoms with Crippen molar-refractivity contribution in [3.63, 3.8) is 0 Å². The molecular formula is C16H17FN8O. The normalized spacial score (nSPS) is 15.3. The maximum Gasteiger partial charge on any atom is 0.238 e. The van der Waals surface area contributed by atoms with Crippen LogP contribution in [0.15, 0.2) is 36.4 Å². The summed E-state index contributed by atoms with van der Waals surface area (Å²) in [7, 11) is 0. The average molecular weight is 356 g/mol. The van der Waals surface area contributed by atoms with Gasteiger partial charge in [-0.25, -0.2) is 4.39 Å². The lowest BCUT2D eigenvalue weighted by molar-refractivity contribution is -0.117. The molecule has 1 amide bonds. The van der Waals surface area contributed by atoms with E-state index in [4.69, 9.17) is 0 Å². The fourth-order valence-corrected chi connectivity index (χ4v) is 2.90. The SMILES string of the molecule is O=C(CN1CCN(c2ccc3nnnn3n2)CC1)Nc1ccccc1F. The smallest absolute Gasteiger partial charge is 0.238 e. The minimum Gasteiger partial charge on any atom is -0.353 e. The third-order valence-electron chi connectivity index (χ3n) is 4.27. The number of fused-ring (bicyclic) bond motifs is 1. The van der Waals surface area contributed by atoms with Crippen LogP contribution < -0.4 is 10.2 Å². The fraction of sp³-hybridized carbons (Fsp3) is 0.312. The molecule has 0 radical (unpaired) electrons. The second-order valence-electron chi connectivity index (χ2n) is 6.01. The molecule has 26 heavy (non-hydrogen) atoms. The number of carbonyl (C=O) groups is 1. The largest absolute Gasteiger partial charge is 0.353 e. The summed E-state index contributed by atoms with van der Waals surface area (Å²) < 4.78 is 15.0. The second kappa shape index (κ2) is 7.00. The van der Waals surface area contributed by atoms with Crippen molar-refractivity contribution < 1.29 is 9.18 Å². The number of rotatable bonds is 4. The fourth-order valence-electron chi connectivity index (χ4n) is 2.90. The van der Waals surface area contributed by atoms with Crippen LogP contribution in [0.5, 0.6) is 0 Å². The van der Waals surface area contributed by atoms with Crippen LogP contribution in [0.1, 0.15) is 0 Å². The molecule has 0 atom stereocenters. The standard InChI is InChI=1S/C16H17FN8O/c17-12-3-1-2-4-13(12)18-16(26)11-23-7-9-24(10-8-23)15-6-5-14-19-21-22-25(14)20-15/h1-6H,7-11H2,(H,18,26). The Morgan fingerprint density at radius 3 is 2.73 bits per heavy atom. The molecule has 0 aliphatic carbocycles. The van der Waals surface area contributed by atoms with E-state index in [2.05, 4.69) is 30.8 Å². The summed E-state index contributed by atoms with van der Waals surface area (Å²) in [6.45, 7) is 3.10. The van der Waals surface area contributed by atoms with Gasteiger partial charge < -0.3 is 10.2 Å². The summed E-state index contributed by atoms with van der Waals surface area (Å²) in [6.07, 6.45) is 0. The van der Waals surface area contributed by atoms with E-state index < -0.39 is 5.82 Å². The Kier molecular flexibility index (Phi) is 4.40. The van der Waals surface area contributed by atoms with Crippen molar-refractivity contribution in [1.82, 2.24) is 30.2 Å². The molecule has 0 unspecified atom stereocenters. The van der Waals surface area contributed by atoms with Gasteiger partial charge in [0.05, 0.1) is 12.2 Å². The number of hydrogen-bond donors (Lipinski definition) is 1. The Labute approximate surface area is 148 Å². The van der Waals surface area contributed by atoms with E-state index in [-0.39, 0.29) is 18.1 Å². The first kappa shape index (κ1) is 16.3. The van der Waals surface area contributed by atoms with Gasteiger partial charge in [-0.3, -0.25) is 9.69 Å². The highest BCUT2D eigenvalue weighted by Crippen LogP contribution is 2.15. The number of piperazine rings is 1. The number of para-hydroxylation sites is 1. The number of aromatic nitrogens is 5. The molecule has 1 aromatic carbocycles. The van der Waals surface area contributed by atoms with Crippen molar-refractivity contribution in [3.05, 3.63) is 42.2 Å². The number of nitrogens with one attached hydrogen (secondary N) is 1. The van der Waals surface area contributed by atoms with Crippen LogP contribution in [-0.2, 0) is 4.79 Å². The molecule has 3 heterocycles. The van der Waals surface area contributed by atoms with Crippen molar-refractivity contribution in [2.75, 3.05) is 42.9 Å². The van der Waals surface area contributed by atoms with E-state index in [1.165, 1.54) is 10.7 Å². The van der Waals surface area contributed by atoms with Crippen LogP contribution in [0.2, 0.25) is 0 Å². The van der Waals surface area contributed by atoms with Crippen LogP contribution >= 0.6 is 0 Å². The predicted molar refractivity (Wildman–Crippen MR) is 92.3 cm³/mol. The lowest BCUT2D eigenvalue weighted by Gasteiger charge is -2.34. The Bertz CT molecular complexity index is 921. The third kappa shape index (κ3) is 3.45. The van der Waals surface area contributed by atoms with Gasteiger partial charge in [-0.1, -0.05) is 12.1 Å². The lowest BCUT2D eigenvalue weighted by atomic mass is 10.3. The van der Waals surface area contributed by atoms with Gasteiger partial charge in [0, 0.05) is 26.2 Å². The first-order valence-corrected chi connectivity index (χ1v) is 8.26. The molecule has 0 spiro atoms. The molecule has 3 aromatic rings. The zero-order chi connectivity index (χ0) is 17.9. The van der Waals surface area contributed by atoms with E-state index in [9.17, 15) is 9.18 Å². The van der Waals surface area contributed by atoms with Gasteiger partial charge in [-0.15, -0.1) is 14.8 Å². The summed E-state index contributed by atoms with van der Waals surface area (Å²) >= 11 is 0. The summed E-state index contributed by atoms with van der Waals surface area (Å²) in [6, 6.07) is 9.84. The maximum absolute atomic E-state index is 13.6. The summed E-state index contributed by atoms with van der Waals surface area (Å²) in [5.74, 6) is 0.131. The van der Waals surface area contributed by atoms with E-state index in [0.717, 1.165) is 18.9 Å². The number of anilines is 2. The van der Waals surface area contributed by atoms with Gasteiger partial charge >= 0.3 is 0 Å². The van der Waals surface area contributed by atoms with E-state index >= 15 is 0 Å². The summed E-state index contributed by atoms with van der Waals surface area (Å²) in [5, 5.41) is 18.2. The van der Waals surface area contributed by atoms with Gasteiger partial charge in [0.15, 0.2) is 11.5 Å². The molecule has 134 valence electrons. The molecule has 9 nitrogen and oxygen atoms in total. The van der Waals surface area contributed by atoms with Crippen LogP contribution in [0.3, 0.4) is 0 Å². The minimum absolute atomic E-state index is 0.204. The molecule has 4 rings (SSSR count). The topological polar surface area (TPSA) is 91.6 Å². The molecule has 2 aromatic heterocycles. The van der Waals surface area contributed by atoms with Gasteiger partial charge in [-0.2, -0.15) is 0 Å². The van der Waals surface area contributed by atoms with Crippen molar-refractivity contribution in [2.24, 2.45) is 0 Å². The van der Waals surface area contributed by atoms with Crippen LogP contribution in [0.25, 0.3) is 5.65 Å². The Morgan fingerprint density at radius 1 is 1.12 bits per heavy atom. The van der Waals surface area contributed by atoms with Crippen molar-refractivity contribution in [2.45, 2.75) is 0 Å². The number of benzene rings is 1. The average Bonchev–Trinajstić information content (AvgIpc) is 3.12. The molecule has 0 saturated carbocycles. The molecule has 1 N–H and O–H groups in total.